The van der Waals surface area contributed by atoms with Gasteiger partial charge in [0, 0.05) is 33.0 Å². The first-order chi connectivity index (χ1) is 26.6. The molecule has 1 aliphatic rings. The van der Waals surface area contributed by atoms with E-state index in [-0.39, 0.29) is 0 Å². The zero-order valence-electron chi connectivity index (χ0n) is 28.9. The highest BCUT2D eigenvalue weighted by Gasteiger charge is 2.21. The molecule has 254 valence electrons. The second-order valence-corrected chi connectivity index (χ2v) is 13.2. The van der Waals surface area contributed by atoms with Gasteiger partial charge in [-0.3, -0.25) is 10.8 Å². The molecule has 1 aliphatic carbocycles. The van der Waals surface area contributed by atoms with E-state index >= 15 is 0 Å². The van der Waals surface area contributed by atoms with Gasteiger partial charge in [-0.05, 0) is 82.1 Å². The highest BCUT2D eigenvalue weighted by molar-refractivity contribution is 6.55. The lowest BCUT2D eigenvalue weighted by Crippen LogP contribution is -2.19. The molecule has 0 amide bonds. The lowest BCUT2D eigenvalue weighted by Gasteiger charge is -2.17. The Morgan fingerprint density at radius 1 is 0.481 bits per heavy atom. The SMILES string of the molecule is N=C1C=Cc2ccc3cc(-c4nc(-c5cccc(-c6ccccc6)c5)nc(-c5ccc6oc7ccccc7c6c5)n4)ccc3c2/C1=N/Nc1ccccc1. The fourth-order valence-electron chi connectivity index (χ4n) is 7.12. The standard InChI is InChI=1S/C47H30N6O/c48-40-24-21-30-18-19-32-27-34(20-23-37(32)43(30)44(40)53-52-36-14-5-2-6-15-36)46-49-45(33-13-9-12-31(26-33)29-10-3-1-4-11-29)50-47(51-46)35-22-25-42-39(28-35)38-16-7-8-17-41(38)54-42/h1-28,48,52H/b48-40?,53-44+. The van der Waals surface area contributed by atoms with Crippen molar-refractivity contribution in [1.82, 2.24) is 15.0 Å². The topological polar surface area (TPSA) is 100 Å². The number of benzene rings is 7. The number of nitrogens with one attached hydrogen (secondary N) is 2. The van der Waals surface area contributed by atoms with E-state index in [0.717, 1.165) is 77.3 Å². The fourth-order valence-corrected chi connectivity index (χ4v) is 7.12. The molecule has 7 aromatic carbocycles. The van der Waals surface area contributed by atoms with Gasteiger partial charge in [0.1, 0.15) is 16.9 Å². The minimum absolute atomic E-state index is 0.342. The molecule has 2 heterocycles. The molecule has 0 spiro atoms. The van der Waals surface area contributed by atoms with Gasteiger partial charge in [-0.15, -0.1) is 0 Å². The number of furan rings is 1. The van der Waals surface area contributed by atoms with E-state index in [1.165, 1.54) is 0 Å². The average molecular weight is 695 g/mol. The predicted molar refractivity (Wildman–Crippen MR) is 220 cm³/mol. The molecule has 0 unspecified atom stereocenters. The molecular formula is C47H30N6O. The van der Waals surface area contributed by atoms with Crippen molar-refractivity contribution in [3.05, 3.63) is 175 Å². The zero-order chi connectivity index (χ0) is 36.0. The molecule has 0 aliphatic heterocycles. The molecule has 0 atom stereocenters. The first kappa shape index (κ1) is 31.2. The molecule has 0 saturated heterocycles. The second-order valence-electron chi connectivity index (χ2n) is 13.2. The first-order valence-corrected chi connectivity index (χ1v) is 17.7. The quantitative estimate of drug-likeness (QED) is 0.169. The van der Waals surface area contributed by atoms with Crippen LogP contribution in [0.1, 0.15) is 11.1 Å². The maximum absolute atomic E-state index is 8.77. The Labute approximate surface area is 310 Å². The average Bonchev–Trinajstić information content (AvgIpc) is 3.61. The Morgan fingerprint density at radius 3 is 1.94 bits per heavy atom. The highest BCUT2D eigenvalue weighted by atomic mass is 16.3. The van der Waals surface area contributed by atoms with Crippen LogP contribution in [-0.4, -0.2) is 26.4 Å². The number of para-hydroxylation sites is 2. The van der Waals surface area contributed by atoms with E-state index in [2.05, 4.69) is 66.1 Å². The fraction of sp³-hybridized carbons (Fsp3) is 0. The maximum atomic E-state index is 8.77. The Bertz CT molecular complexity index is 2980. The normalized spacial score (nSPS) is 13.2. The molecule has 2 aromatic heterocycles. The molecule has 10 rings (SSSR count). The summed E-state index contributed by atoms with van der Waals surface area (Å²) in [4.78, 5) is 15.3. The van der Waals surface area contributed by atoms with Crippen LogP contribution in [0.5, 0.6) is 0 Å². The number of hydrogen-bond acceptors (Lipinski definition) is 7. The number of anilines is 1. The molecule has 9 aromatic rings. The molecule has 54 heavy (non-hydrogen) atoms. The summed E-state index contributed by atoms with van der Waals surface area (Å²) in [5, 5.41) is 17.5. The number of hydrazone groups is 1. The predicted octanol–water partition coefficient (Wildman–Crippen LogP) is 11.5. The van der Waals surface area contributed by atoms with Gasteiger partial charge in [-0.2, -0.15) is 5.10 Å². The second kappa shape index (κ2) is 12.9. The van der Waals surface area contributed by atoms with E-state index in [0.29, 0.717) is 28.9 Å². The van der Waals surface area contributed by atoms with Crippen LogP contribution in [0.4, 0.5) is 5.69 Å². The minimum atomic E-state index is 0.342. The lowest BCUT2D eigenvalue weighted by molar-refractivity contribution is 0.669. The van der Waals surface area contributed by atoms with Gasteiger partial charge >= 0.3 is 0 Å². The summed E-state index contributed by atoms with van der Waals surface area (Å²) >= 11 is 0. The van der Waals surface area contributed by atoms with Crippen LogP contribution in [-0.2, 0) is 0 Å². The number of allylic oxidation sites excluding steroid dienone is 1. The Kier molecular flexibility index (Phi) is 7.47. The molecule has 7 heteroatoms. The number of fused-ring (bicyclic) bond motifs is 6. The minimum Gasteiger partial charge on any atom is -0.456 e. The molecule has 2 N–H and O–H groups in total. The smallest absolute Gasteiger partial charge is 0.164 e. The number of rotatable bonds is 6. The van der Waals surface area contributed by atoms with Crippen molar-refractivity contribution in [2.75, 3.05) is 5.43 Å². The van der Waals surface area contributed by atoms with Crippen molar-refractivity contribution in [3.63, 3.8) is 0 Å². The molecule has 0 bridgehead atoms. The van der Waals surface area contributed by atoms with E-state index < -0.39 is 0 Å². The lowest BCUT2D eigenvalue weighted by atomic mass is 9.89. The van der Waals surface area contributed by atoms with Crippen LogP contribution in [0.25, 0.3) is 84.1 Å². The third-order valence-electron chi connectivity index (χ3n) is 9.80. The molecule has 7 nitrogen and oxygen atoms in total. The van der Waals surface area contributed by atoms with Gasteiger partial charge in [0.2, 0.25) is 0 Å². The maximum Gasteiger partial charge on any atom is 0.164 e. The van der Waals surface area contributed by atoms with E-state index in [1.54, 1.807) is 6.08 Å². The Hall–Kier alpha value is -7.51. The van der Waals surface area contributed by atoms with Crippen LogP contribution in [0.15, 0.2) is 173 Å². The van der Waals surface area contributed by atoms with Crippen molar-refractivity contribution in [1.29, 1.82) is 5.41 Å². The van der Waals surface area contributed by atoms with Crippen molar-refractivity contribution in [2.24, 2.45) is 5.10 Å². The van der Waals surface area contributed by atoms with E-state index in [4.69, 9.17) is 29.9 Å². The summed E-state index contributed by atoms with van der Waals surface area (Å²) in [6.07, 6.45) is 3.76. The van der Waals surface area contributed by atoms with Crippen LogP contribution in [0.2, 0.25) is 0 Å². The molecule has 0 fully saturated rings. The molecule has 0 saturated carbocycles. The zero-order valence-corrected chi connectivity index (χ0v) is 28.9. The van der Waals surface area contributed by atoms with Crippen LogP contribution in [0, 0.1) is 5.41 Å². The first-order valence-electron chi connectivity index (χ1n) is 17.7. The molecule has 0 radical (unpaired) electrons. The third-order valence-corrected chi connectivity index (χ3v) is 9.80. The van der Waals surface area contributed by atoms with Crippen molar-refractivity contribution < 1.29 is 4.42 Å². The molecular weight excluding hydrogens is 665 g/mol. The van der Waals surface area contributed by atoms with E-state index in [9.17, 15) is 0 Å². The monoisotopic (exact) mass is 694 g/mol. The van der Waals surface area contributed by atoms with Crippen LogP contribution >= 0.6 is 0 Å². The number of nitrogens with zero attached hydrogens (tertiary/aromatic N) is 4. The van der Waals surface area contributed by atoms with Gasteiger partial charge in [0.15, 0.2) is 17.5 Å². The van der Waals surface area contributed by atoms with Crippen LogP contribution < -0.4 is 5.43 Å². The van der Waals surface area contributed by atoms with Gasteiger partial charge in [-0.1, -0.05) is 115 Å². The van der Waals surface area contributed by atoms with Crippen molar-refractivity contribution >= 4 is 55.9 Å². The summed E-state index contributed by atoms with van der Waals surface area (Å²) in [5.74, 6) is 1.71. The number of aromatic nitrogens is 3. The van der Waals surface area contributed by atoms with Crippen LogP contribution in [0.3, 0.4) is 0 Å². The van der Waals surface area contributed by atoms with Gasteiger partial charge in [-0.25, -0.2) is 15.0 Å². The Balaban J connectivity index is 1.12. The third kappa shape index (κ3) is 5.61. The number of hydrogen-bond donors (Lipinski definition) is 2. The van der Waals surface area contributed by atoms with Gasteiger partial charge in [0.05, 0.1) is 11.4 Å². The van der Waals surface area contributed by atoms with Gasteiger partial charge in [0.25, 0.3) is 0 Å². The Morgan fingerprint density at radius 2 is 1.13 bits per heavy atom. The summed E-state index contributed by atoms with van der Waals surface area (Å²) in [6, 6.07) is 53.0. The summed E-state index contributed by atoms with van der Waals surface area (Å²) in [6.45, 7) is 0. The summed E-state index contributed by atoms with van der Waals surface area (Å²) in [7, 11) is 0. The van der Waals surface area contributed by atoms with E-state index in [1.807, 2.05) is 103 Å². The summed E-state index contributed by atoms with van der Waals surface area (Å²) in [5.41, 5.74) is 13.3. The van der Waals surface area contributed by atoms with Crippen molar-refractivity contribution in [3.8, 4) is 45.3 Å². The largest absolute Gasteiger partial charge is 0.456 e. The van der Waals surface area contributed by atoms with Crippen molar-refractivity contribution in [2.45, 2.75) is 0 Å². The van der Waals surface area contributed by atoms with Gasteiger partial charge < -0.3 is 4.42 Å². The highest BCUT2D eigenvalue weighted by Crippen LogP contribution is 2.35. The summed E-state index contributed by atoms with van der Waals surface area (Å²) < 4.78 is 6.13.